The summed E-state index contributed by atoms with van der Waals surface area (Å²) in [7, 11) is 1.69. The number of likely N-dealkylation sites (N-methyl/N-ethyl adjacent to an activating group) is 1. The summed E-state index contributed by atoms with van der Waals surface area (Å²) in [5.74, 6) is 0.997. The molecule has 124 valence electrons. The maximum Gasteiger partial charge on any atom is 0.325 e. The van der Waals surface area contributed by atoms with Crippen LogP contribution in [0.25, 0.3) is 11.4 Å². The van der Waals surface area contributed by atoms with Gasteiger partial charge in [0.1, 0.15) is 6.17 Å². The van der Waals surface area contributed by atoms with Crippen LogP contribution < -0.4 is 10.2 Å². The van der Waals surface area contributed by atoms with Crippen LogP contribution in [0.4, 0.5) is 10.7 Å². The summed E-state index contributed by atoms with van der Waals surface area (Å²) in [5, 5.41) is 11.0. The zero-order valence-corrected chi connectivity index (χ0v) is 13.5. The van der Waals surface area contributed by atoms with Crippen molar-refractivity contribution in [3.63, 3.8) is 0 Å². The first kappa shape index (κ1) is 14.7. The second-order valence-electron chi connectivity index (χ2n) is 6.02. The van der Waals surface area contributed by atoms with Gasteiger partial charge in [0.2, 0.25) is 5.95 Å². The SMILES string of the molecule is CCCN1c2nnc(-c3ccccc3)n2C2C1C(=O)NC(=O)N2C. The molecule has 2 aliphatic rings. The van der Waals surface area contributed by atoms with Crippen LogP contribution in [0.2, 0.25) is 0 Å². The average Bonchev–Trinajstić information content (AvgIpc) is 3.13. The van der Waals surface area contributed by atoms with E-state index in [9.17, 15) is 9.59 Å². The molecule has 2 aliphatic heterocycles. The molecule has 1 fully saturated rings. The van der Waals surface area contributed by atoms with E-state index in [4.69, 9.17) is 0 Å². The molecule has 2 unspecified atom stereocenters. The third kappa shape index (κ3) is 1.92. The first-order chi connectivity index (χ1) is 11.6. The van der Waals surface area contributed by atoms with E-state index in [1.807, 2.05) is 46.7 Å². The molecular weight excluding hydrogens is 308 g/mol. The van der Waals surface area contributed by atoms with Crippen molar-refractivity contribution in [1.29, 1.82) is 0 Å². The fourth-order valence-electron chi connectivity index (χ4n) is 3.46. The predicted molar refractivity (Wildman–Crippen MR) is 87.2 cm³/mol. The quantitative estimate of drug-likeness (QED) is 0.917. The summed E-state index contributed by atoms with van der Waals surface area (Å²) in [5.41, 5.74) is 0.903. The van der Waals surface area contributed by atoms with Gasteiger partial charge in [-0.15, -0.1) is 10.2 Å². The van der Waals surface area contributed by atoms with Crippen LogP contribution in [0, 0.1) is 0 Å². The van der Waals surface area contributed by atoms with E-state index in [1.54, 1.807) is 11.9 Å². The lowest BCUT2D eigenvalue weighted by Crippen LogP contribution is -2.61. The van der Waals surface area contributed by atoms with Crippen LogP contribution in [-0.2, 0) is 4.79 Å². The Morgan fingerprint density at radius 1 is 1.17 bits per heavy atom. The van der Waals surface area contributed by atoms with Crippen molar-refractivity contribution in [2.75, 3.05) is 18.5 Å². The standard InChI is InChI=1S/C16H18N6O2/c1-3-9-21-11-13(23)17-16(24)20(2)14(11)22-12(18-19-15(21)22)10-7-5-4-6-8-10/h4-8,11,14H,3,9H2,1-2H3,(H,17,23,24). The maximum atomic E-state index is 12.5. The van der Waals surface area contributed by atoms with Crippen LogP contribution in [0.5, 0.6) is 0 Å². The number of hydrogen-bond acceptors (Lipinski definition) is 5. The Bertz CT molecular complexity index is 802. The van der Waals surface area contributed by atoms with Gasteiger partial charge < -0.3 is 9.80 Å². The monoisotopic (exact) mass is 326 g/mol. The van der Waals surface area contributed by atoms with Gasteiger partial charge in [-0.1, -0.05) is 37.3 Å². The van der Waals surface area contributed by atoms with Crippen molar-refractivity contribution in [2.24, 2.45) is 0 Å². The average molecular weight is 326 g/mol. The van der Waals surface area contributed by atoms with Gasteiger partial charge in [0.05, 0.1) is 0 Å². The van der Waals surface area contributed by atoms with E-state index in [0.717, 1.165) is 12.0 Å². The number of amides is 3. The lowest BCUT2D eigenvalue weighted by Gasteiger charge is -2.36. The molecule has 1 aromatic heterocycles. The number of carbonyl (C=O) groups is 2. The van der Waals surface area contributed by atoms with E-state index in [2.05, 4.69) is 15.5 Å². The largest absolute Gasteiger partial charge is 0.325 e. The van der Waals surface area contributed by atoms with Crippen LogP contribution in [0.3, 0.4) is 0 Å². The molecular formula is C16H18N6O2. The van der Waals surface area contributed by atoms with Crippen LogP contribution >= 0.6 is 0 Å². The number of nitrogens with one attached hydrogen (secondary N) is 1. The van der Waals surface area contributed by atoms with Crippen molar-refractivity contribution < 1.29 is 9.59 Å². The molecule has 0 aliphatic carbocycles. The highest BCUT2D eigenvalue weighted by Crippen LogP contribution is 2.40. The summed E-state index contributed by atoms with van der Waals surface area (Å²) >= 11 is 0. The molecule has 1 aromatic carbocycles. The van der Waals surface area contributed by atoms with E-state index >= 15 is 0 Å². The molecule has 3 heterocycles. The van der Waals surface area contributed by atoms with Crippen molar-refractivity contribution in [3.05, 3.63) is 30.3 Å². The Labute approximate surface area is 139 Å². The fourth-order valence-corrected chi connectivity index (χ4v) is 3.46. The van der Waals surface area contributed by atoms with Crippen molar-refractivity contribution in [3.8, 4) is 11.4 Å². The Kier molecular flexibility index (Phi) is 3.26. The second kappa shape index (κ2) is 5.33. The lowest BCUT2D eigenvalue weighted by molar-refractivity contribution is -0.124. The molecule has 1 saturated heterocycles. The number of benzene rings is 1. The molecule has 1 N–H and O–H groups in total. The van der Waals surface area contributed by atoms with Gasteiger partial charge in [0.25, 0.3) is 5.91 Å². The predicted octanol–water partition coefficient (Wildman–Crippen LogP) is 1.22. The minimum atomic E-state index is -0.486. The molecule has 8 nitrogen and oxygen atoms in total. The zero-order chi connectivity index (χ0) is 16.8. The number of imide groups is 1. The smallest absolute Gasteiger partial charge is 0.325 e. The van der Waals surface area contributed by atoms with Gasteiger partial charge in [-0.05, 0) is 6.42 Å². The summed E-state index contributed by atoms with van der Waals surface area (Å²) in [6.07, 6.45) is 0.416. The Hall–Kier alpha value is -2.90. The molecule has 2 aromatic rings. The molecule has 0 radical (unpaired) electrons. The maximum absolute atomic E-state index is 12.5. The van der Waals surface area contributed by atoms with Crippen LogP contribution in [0.15, 0.2) is 30.3 Å². The van der Waals surface area contributed by atoms with Gasteiger partial charge in [0.15, 0.2) is 11.9 Å². The van der Waals surface area contributed by atoms with Crippen molar-refractivity contribution in [1.82, 2.24) is 25.0 Å². The molecule has 0 bridgehead atoms. The van der Waals surface area contributed by atoms with Gasteiger partial charge in [0, 0.05) is 19.2 Å². The van der Waals surface area contributed by atoms with Crippen molar-refractivity contribution >= 4 is 17.9 Å². The summed E-state index contributed by atoms with van der Waals surface area (Å²) < 4.78 is 1.90. The van der Waals surface area contributed by atoms with Crippen LogP contribution in [-0.4, -0.2) is 51.2 Å². The third-order valence-corrected chi connectivity index (χ3v) is 4.53. The van der Waals surface area contributed by atoms with E-state index in [-0.39, 0.29) is 5.91 Å². The Morgan fingerprint density at radius 3 is 2.62 bits per heavy atom. The number of anilines is 1. The van der Waals surface area contributed by atoms with Gasteiger partial charge in [-0.2, -0.15) is 0 Å². The number of aromatic nitrogens is 3. The third-order valence-electron chi connectivity index (χ3n) is 4.53. The lowest BCUT2D eigenvalue weighted by atomic mass is 10.1. The summed E-state index contributed by atoms with van der Waals surface area (Å²) in [6, 6.07) is 8.78. The molecule has 2 atom stereocenters. The topological polar surface area (TPSA) is 83.4 Å². The minimum Gasteiger partial charge on any atom is -0.325 e. The minimum absolute atomic E-state index is 0.291. The highest BCUT2D eigenvalue weighted by atomic mass is 16.2. The number of nitrogens with zero attached hydrogens (tertiary/aromatic N) is 5. The molecule has 24 heavy (non-hydrogen) atoms. The van der Waals surface area contributed by atoms with Crippen LogP contribution in [0.1, 0.15) is 19.5 Å². The summed E-state index contributed by atoms with van der Waals surface area (Å²) in [4.78, 5) is 28.1. The van der Waals surface area contributed by atoms with E-state index < -0.39 is 18.2 Å². The molecule has 4 rings (SSSR count). The first-order valence-corrected chi connectivity index (χ1v) is 7.98. The van der Waals surface area contributed by atoms with Gasteiger partial charge in [-0.3, -0.25) is 14.7 Å². The highest BCUT2D eigenvalue weighted by Gasteiger charge is 2.52. The number of urea groups is 1. The number of hydrogen-bond donors (Lipinski definition) is 1. The van der Waals surface area contributed by atoms with Crippen molar-refractivity contribution in [2.45, 2.75) is 25.6 Å². The Balaban J connectivity index is 1.89. The van der Waals surface area contributed by atoms with E-state index in [1.165, 1.54) is 0 Å². The fraction of sp³-hybridized carbons (Fsp3) is 0.375. The first-order valence-electron chi connectivity index (χ1n) is 7.98. The number of fused-ring (bicyclic) bond motifs is 3. The summed E-state index contributed by atoms with van der Waals surface area (Å²) in [6.45, 7) is 2.71. The second-order valence-corrected chi connectivity index (χ2v) is 6.02. The molecule has 0 spiro atoms. The highest BCUT2D eigenvalue weighted by molar-refractivity contribution is 6.02. The van der Waals surface area contributed by atoms with Gasteiger partial charge >= 0.3 is 6.03 Å². The molecule has 8 heteroatoms. The van der Waals surface area contributed by atoms with Gasteiger partial charge in [-0.25, -0.2) is 4.79 Å². The zero-order valence-electron chi connectivity index (χ0n) is 13.5. The number of carbonyl (C=O) groups excluding carboxylic acids is 2. The molecule has 0 saturated carbocycles. The van der Waals surface area contributed by atoms with E-state index in [0.29, 0.717) is 18.3 Å². The normalized spacial score (nSPS) is 22.4. The number of rotatable bonds is 3. The Morgan fingerprint density at radius 2 is 1.92 bits per heavy atom. The molecule has 3 amide bonds.